The van der Waals surface area contributed by atoms with Gasteiger partial charge < -0.3 is 5.11 Å². The molecule has 2 heterocycles. The van der Waals surface area contributed by atoms with Gasteiger partial charge in [-0.1, -0.05) is 25.7 Å². The standard InChI is InChI=1S/C18H16O2S2/c1-18(2)9-10-21-15-7-4-12(11-14(15)18)3-5-13-6-8-16(22-13)17(19)20/h4,6-8,11H,9-10H2,1-2H3,(H,19,20). The zero-order chi connectivity index (χ0) is 15.7. The maximum absolute atomic E-state index is 10.9. The summed E-state index contributed by atoms with van der Waals surface area (Å²) in [5.74, 6) is 6.50. The molecule has 2 nitrogen and oxygen atoms in total. The summed E-state index contributed by atoms with van der Waals surface area (Å²) in [6.07, 6.45) is 1.18. The second-order valence-corrected chi connectivity index (χ2v) is 8.13. The number of fused-ring (bicyclic) bond motifs is 1. The lowest BCUT2D eigenvalue weighted by Crippen LogP contribution is -2.22. The Labute approximate surface area is 138 Å². The number of carbonyl (C=O) groups is 1. The zero-order valence-corrected chi connectivity index (χ0v) is 14.1. The maximum Gasteiger partial charge on any atom is 0.345 e. The van der Waals surface area contributed by atoms with Crippen molar-refractivity contribution in [1.29, 1.82) is 0 Å². The summed E-state index contributed by atoms with van der Waals surface area (Å²) in [5, 5.41) is 8.93. The summed E-state index contributed by atoms with van der Waals surface area (Å²) in [5.41, 5.74) is 2.55. The summed E-state index contributed by atoms with van der Waals surface area (Å²) in [6.45, 7) is 4.56. The number of hydrogen-bond acceptors (Lipinski definition) is 3. The third-order valence-corrected chi connectivity index (χ3v) is 5.90. The van der Waals surface area contributed by atoms with E-state index in [1.54, 1.807) is 12.1 Å². The molecule has 0 fully saturated rings. The average Bonchev–Trinajstić information content (AvgIpc) is 2.94. The molecular formula is C18H16O2S2. The summed E-state index contributed by atoms with van der Waals surface area (Å²) in [7, 11) is 0. The molecule has 0 saturated carbocycles. The highest BCUT2D eigenvalue weighted by atomic mass is 32.2. The van der Waals surface area contributed by atoms with E-state index in [-0.39, 0.29) is 5.41 Å². The van der Waals surface area contributed by atoms with Crippen LogP contribution in [0, 0.1) is 11.8 Å². The third-order valence-electron chi connectivity index (χ3n) is 3.84. The fraction of sp³-hybridized carbons (Fsp3) is 0.278. The Kier molecular flexibility index (Phi) is 4.03. The van der Waals surface area contributed by atoms with Gasteiger partial charge in [-0.15, -0.1) is 23.1 Å². The van der Waals surface area contributed by atoms with Crippen LogP contribution in [-0.2, 0) is 5.41 Å². The second kappa shape index (κ2) is 5.83. The van der Waals surface area contributed by atoms with E-state index >= 15 is 0 Å². The molecule has 0 atom stereocenters. The normalized spacial score (nSPS) is 15.5. The van der Waals surface area contributed by atoms with E-state index in [4.69, 9.17) is 5.11 Å². The summed E-state index contributed by atoms with van der Waals surface area (Å²) in [4.78, 5) is 13.3. The first-order chi connectivity index (χ1) is 10.5. The van der Waals surface area contributed by atoms with Crippen molar-refractivity contribution >= 4 is 29.1 Å². The Morgan fingerprint density at radius 1 is 1.23 bits per heavy atom. The van der Waals surface area contributed by atoms with Gasteiger partial charge >= 0.3 is 5.97 Å². The van der Waals surface area contributed by atoms with Crippen molar-refractivity contribution in [3.8, 4) is 11.8 Å². The lowest BCUT2D eigenvalue weighted by molar-refractivity contribution is 0.0702. The molecule has 1 aliphatic heterocycles. The molecule has 0 radical (unpaired) electrons. The topological polar surface area (TPSA) is 37.3 Å². The molecule has 0 bridgehead atoms. The van der Waals surface area contributed by atoms with Crippen LogP contribution in [0.5, 0.6) is 0 Å². The lowest BCUT2D eigenvalue weighted by Gasteiger charge is -2.32. The molecule has 2 aromatic rings. The van der Waals surface area contributed by atoms with Crippen LogP contribution in [0.15, 0.2) is 35.2 Å². The van der Waals surface area contributed by atoms with Gasteiger partial charge in [0.25, 0.3) is 0 Å². The van der Waals surface area contributed by atoms with E-state index in [1.807, 2.05) is 17.8 Å². The van der Waals surface area contributed by atoms with Crippen molar-refractivity contribution in [2.24, 2.45) is 0 Å². The number of aromatic carboxylic acids is 1. The number of rotatable bonds is 1. The molecule has 112 valence electrons. The highest BCUT2D eigenvalue weighted by Crippen LogP contribution is 2.41. The highest BCUT2D eigenvalue weighted by Gasteiger charge is 2.27. The predicted octanol–water partition coefficient (Wildman–Crippen LogP) is 4.62. The van der Waals surface area contributed by atoms with Crippen molar-refractivity contribution in [3.05, 3.63) is 51.2 Å². The quantitative estimate of drug-likeness (QED) is 0.776. The van der Waals surface area contributed by atoms with E-state index < -0.39 is 5.97 Å². The largest absolute Gasteiger partial charge is 0.477 e. The fourth-order valence-corrected chi connectivity index (χ4v) is 4.65. The number of benzene rings is 1. The van der Waals surface area contributed by atoms with Gasteiger partial charge in [0.1, 0.15) is 4.88 Å². The molecule has 0 amide bonds. The number of carboxylic acids is 1. The molecule has 3 rings (SSSR count). The van der Waals surface area contributed by atoms with Crippen LogP contribution >= 0.6 is 23.1 Å². The van der Waals surface area contributed by atoms with Crippen molar-refractivity contribution in [1.82, 2.24) is 0 Å². The third kappa shape index (κ3) is 3.06. The van der Waals surface area contributed by atoms with E-state index in [0.717, 1.165) is 16.2 Å². The Balaban J connectivity index is 1.91. The van der Waals surface area contributed by atoms with E-state index in [2.05, 4.69) is 37.8 Å². The van der Waals surface area contributed by atoms with Gasteiger partial charge in [-0.05, 0) is 53.5 Å². The first-order valence-electron chi connectivity index (χ1n) is 7.08. The number of thiophene rings is 1. The summed E-state index contributed by atoms with van der Waals surface area (Å²) >= 11 is 3.12. The van der Waals surface area contributed by atoms with Crippen molar-refractivity contribution in [2.75, 3.05) is 5.75 Å². The minimum atomic E-state index is -0.898. The number of hydrogen-bond donors (Lipinski definition) is 1. The minimum absolute atomic E-state index is 0.192. The second-order valence-electron chi connectivity index (χ2n) is 5.91. The Morgan fingerprint density at radius 2 is 2.05 bits per heavy atom. The van der Waals surface area contributed by atoms with Crippen LogP contribution < -0.4 is 0 Å². The molecule has 1 aromatic heterocycles. The van der Waals surface area contributed by atoms with Crippen molar-refractivity contribution in [3.63, 3.8) is 0 Å². The van der Waals surface area contributed by atoms with Crippen molar-refractivity contribution < 1.29 is 9.90 Å². The molecule has 1 aromatic carbocycles. The Hall–Kier alpha value is -1.70. The van der Waals surface area contributed by atoms with Gasteiger partial charge in [0.15, 0.2) is 0 Å². The first-order valence-corrected chi connectivity index (χ1v) is 8.88. The van der Waals surface area contributed by atoms with Crippen LogP contribution in [-0.4, -0.2) is 16.8 Å². The van der Waals surface area contributed by atoms with Gasteiger partial charge in [-0.3, -0.25) is 0 Å². The molecule has 0 aliphatic carbocycles. The van der Waals surface area contributed by atoms with Crippen LogP contribution in [0.2, 0.25) is 0 Å². The van der Waals surface area contributed by atoms with E-state index in [9.17, 15) is 4.79 Å². The highest BCUT2D eigenvalue weighted by molar-refractivity contribution is 7.99. The van der Waals surface area contributed by atoms with Crippen molar-refractivity contribution in [2.45, 2.75) is 30.6 Å². The summed E-state index contributed by atoms with van der Waals surface area (Å²) in [6, 6.07) is 9.75. The smallest absolute Gasteiger partial charge is 0.345 e. The van der Waals surface area contributed by atoms with Gasteiger partial charge in [-0.2, -0.15) is 0 Å². The monoisotopic (exact) mass is 328 g/mol. The van der Waals surface area contributed by atoms with Crippen LogP contribution in [0.4, 0.5) is 0 Å². The van der Waals surface area contributed by atoms with Gasteiger partial charge in [0, 0.05) is 10.5 Å². The SMILES string of the molecule is CC1(C)CCSc2ccc(C#Cc3ccc(C(=O)O)s3)cc21. The fourth-order valence-electron chi connectivity index (χ4n) is 2.47. The molecule has 1 aliphatic rings. The molecule has 0 spiro atoms. The molecule has 0 unspecified atom stereocenters. The minimum Gasteiger partial charge on any atom is -0.477 e. The van der Waals surface area contributed by atoms with Gasteiger partial charge in [-0.25, -0.2) is 4.79 Å². The Morgan fingerprint density at radius 3 is 2.77 bits per heavy atom. The van der Waals surface area contributed by atoms with Crippen LogP contribution in [0.3, 0.4) is 0 Å². The van der Waals surface area contributed by atoms with Crippen LogP contribution in [0.25, 0.3) is 0 Å². The molecule has 22 heavy (non-hydrogen) atoms. The molecule has 1 N–H and O–H groups in total. The Bertz CT molecular complexity index is 791. The first kappa shape index (κ1) is 15.2. The van der Waals surface area contributed by atoms with Crippen LogP contribution in [0.1, 0.15) is 45.9 Å². The van der Waals surface area contributed by atoms with Gasteiger partial charge in [0.2, 0.25) is 0 Å². The molecule has 4 heteroatoms. The molecule has 0 saturated heterocycles. The predicted molar refractivity (Wildman–Crippen MR) is 92.1 cm³/mol. The summed E-state index contributed by atoms with van der Waals surface area (Å²) < 4.78 is 0. The maximum atomic E-state index is 10.9. The average molecular weight is 328 g/mol. The van der Waals surface area contributed by atoms with E-state index in [0.29, 0.717) is 4.88 Å². The zero-order valence-electron chi connectivity index (χ0n) is 12.5. The lowest BCUT2D eigenvalue weighted by atomic mass is 9.81. The molecular weight excluding hydrogens is 312 g/mol. The van der Waals surface area contributed by atoms with Gasteiger partial charge in [0.05, 0.1) is 4.88 Å². The number of carboxylic acid groups (broad SMARTS) is 1. The number of thioether (sulfide) groups is 1. The van der Waals surface area contributed by atoms with E-state index in [1.165, 1.54) is 28.2 Å².